The van der Waals surface area contributed by atoms with Crippen LogP contribution < -0.4 is 10.6 Å². The topological polar surface area (TPSA) is 67.4 Å². The summed E-state index contributed by atoms with van der Waals surface area (Å²) >= 11 is 3.36. The number of imide groups is 1. The van der Waals surface area contributed by atoms with E-state index >= 15 is 0 Å². The van der Waals surface area contributed by atoms with Gasteiger partial charge < -0.3 is 10.1 Å². The molecule has 2 amide bonds. The van der Waals surface area contributed by atoms with Crippen LogP contribution in [0.15, 0.2) is 59.1 Å². The predicted octanol–water partition coefficient (Wildman–Crippen LogP) is 3.95. The molecule has 24 heavy (non-hydrogen) atoms. The van der Waals surface area contributed by atoms with E-state index in [1.54, 1.807) is 6.92 Å². The Morgan fingerprint density at radius 2 is 1.75 bits per heavy atom. The van der Waals surface area contributed by atoms with Gasteiger partial charge in [-0.1, -0.05) is 53.2 Å². The number of benzene rings is 2. The van der Waals surface area contributed by atoms with Gasteiger partial charge >= 0.3 is 6.09 Å². The quantitative estimate of drug-likeness (QED) is 0.783. The minimum atomic E-state index is -0.737. The van der Waals surface area contributed by atoms with E-state index in [0.717, 1.165) is 15.7 Å². The zero-order chi connectivity index (χ0) is 17.4. The van der Waals surface area contributed by atoms with Gasteiger partial charge in [0.1, 0.15) is 6.61 Å². The van der Waals surface area contributed by atoms with Gasteiger partial charge in [0, 0.05) is 16.7 Å². The lowest BCUT2D eigenvalue weighted by atomic mass is 10.1. The molecule has 2 aromatic rings. The van der Waals surface area contributed by atoms with Gasteiger partial charge in [-0.3, -0.25) is 10.1 Å². The van der Waals surface area contributed by atoms with Crippen LogP contribution >= 0.6 is 15.9 Å². The molecule has 0 aliphatic carbocycles. The van der Waals surface area contributed by atoms with Gasteiger partial charge in [-0.15, -0.1) is 0 Å². The second kappa shape index (κ2) is 9.08. The number of rotatable bonds is 6. The number of ether oxygens (including phenoxy) is 1. The molecule has 0 unspecified atom stereocenters. The van der Waals surface area contributed by atoms with Crippen molar-refractivity contribution in [2.24, 2.45) is 5.92 Å². The summed E-state index contributed by atoms with van der Waals surface area (Å²) in [5.41, 5.74) is 1.77. The molecule has 0 spiro atoms. The van der Waals surface area contributed by atoms with Crippen LogP contribution in [0.2, 0.25) is 0 Å². The van der Waals surface area contributed by atoms with Crippen molar-refractivity contribution < 1.29 is 14.3 Å². The Balaban J connectivity index is 1.72. The molecule has 5 nitrogen and oxygen atoms in total. The molecule has 0 bridgehead atoms. The number of carbonyl (C=O) groups excluding carboxylic acids is 2. The Kier molecular flexibility index (Phi) is 6.81. The molecule has 0 aliphatic rings. The summed E-state index contributed by atoms with van der Waals surface area (Å²) < 4.78 is 6.01. The average molecular weight is 391 g/mol. The Morgan fingerprint density at radius 1 is 1.08 bits per heavy atom. The number of alkyl carbamates (subject to hydrolysis) is 1. The van der Waals surface area contributed by atoms with E-state index in [9.17, 15) is 9.59 Å². The zero-order valence-corrected chi connectivity index (χ0v) is 14.9. The van der Waals surface area contributed by atoms with Gasteiger partial charge in [-0.05, 0) is 29.8 Å². The second-order valence-electron chi connectivity index (χ2n) is 5.34. The van der Waals surface area contributed by atoms with Crippen LogP contribution in [0.4, 0.5) is 10.5 Å². The van der Waals surface area contributed by atoms with Gasteiger partial charge in [0.25, 0.3) is 0 Å². The van der Waals surface area contributed by atoms with Crippen molar-refractivity contribution >= 4 is 33.6 Å². The fraction of sp³-hybridized carbons (Fsp3) is 0.222. The van der Waals surface area contributed by atoms with Gasteiger partial charge in [0.05, 0.1) is 5.92 Å². The van der Waals surface area contributed by atoms with Crippen molar-refractivity contribution in [2.75, 3.05) is 11.9 Å². The highest BCUT2D eigenvalue weighted by molar-refractivity contribution is 9.10. The maximum absolute atomic E-state index is 12.0. The third kappa shape index (κ3) is 6.04. The van der Waals surface area contributed by atoms with Crippen LogP contribution in [0.1, 0.15) is 12.5 Å². The number of anilines is 1. The highest BCUT2D eigenvalue weighted by atomic mass is 79.9. The Morgan fingerprint density at radius 3 is 2.42 bits per heavy atom. The van der Waals surface area contributed by atoms with Crippen molar-refractivity contribution in [1.29, 1.82) is 0 Å². The lowest BCUT2D eigenvalue weighted by Crippen LogP contribution is -2.37. The number of nitrogens with one attached hydrogen (secondary N) is 2. The summed E-state index contributed by atoms with van der Waals surface area (Å²) in [6, 6.07) is 16.9. The molecule has 2 aromatic carbocycles. The monoisotopic (exact) mass is 390 g/mol. The van der Waals surface area contributed by atoms with Crippen LogP contribution in [-0.2, 0) is 16.1 Å². The number of amides is 2. The van der Waals surface area contributed by atoms with Crippen LogP contribution in [0, 0.1) is 5.92 Å². The first kappa shape index (κ1) is 18.0. The smallest absolute Gasteiger partial charge is 0.414 e. The predicted molar refractivity (Wildman–Crippen MR) is 96.6 cm³/mol. The maximum Gasteiger partial charge on any atom is 0.414 e. The first-order chi connectivity index (χ1) is 11.5. The van der Waals surface area contributed by atoms with Gasteiger partial charge in [0.2, 0.25) is 5.91 Å². The molecule has 0 saturated carbocycles. The third-order valence-corrected chi connectivity index (χ3v) is 3.87. The molecule has 1 atom stereocenters. The van der Waals surface area contributed by atoms with E-state index in [2.05, 4.69) is 26.6 Å². The molecule has 0 radical (unpaired) electrons. The average Bonchev–Trinajstić information content (AvgIpc) is 2.60. The van der Waals surface area contributed by atoms with Crippen molar-refractivity contribution in [2.45, 2.75) is 13.5 Å². The standard InChI is InChI=1S/C18H19BrN2O3/c1-13(11-20-16-9-7-15(19)8-10-16)17(22)21-18(23)24-12-14-5-3-2-4-6-14/h2-10,13,20H,11-12H2,1H3,(H,21,22,23)/t13-/m1/s1. The normalized spacial score (nSPS) is 11.4. The lowest BCUT2D eigenvalue weighted by Gasteiger charge is -2.13. The fourth-order valence-electron chi connectivity index (χ4n) is 1.91. The van der Waals surface area contributed by atoms with E-state index in [-0.39, 0.29) is 18.4 Å². The van der Waals surface area contributed by atoms with E-state index < -0.39 is 6.09 Å². The van der Waals surface area contributed by atoms with Crippen LogP contribution in [0.5, 0.6) is 0 Å². The Bertz CT molecular complexity index is 674. The maximum atomic E-state index is 12.0. The molecule has 126 valence electrons. The lowest BCUT2D eigenvalue weighted by molar-refractivity contribution is -0.123. The first-order valence-corrected chi connectivity index (χ1v) is 8.35. The molecule has 2 N–H and O–H groups in total. The van der Waals surface area contributed by atoms with Crippen LogP contribution in [0.3, 0.4) is 0 Å². The third-order valence-electron chi connectivity index (χ3n) is 3.34. The van der Waals surface area contributed by atoms with Crippen LogP contribution in [0.25, 0.3) is 0 Å². The fourth-order valence-corrected chi connectivity index (χ4v) is 2.18. The minimum Gasteiger partial charge on any atom is -0.444 e. The van der Waals surface area contributed by atoms with Crippen molar-refractivity contribution in [3.63, 3.8) is 0 Å². The molecule has 0 aliphatic heterocycles. The van der Waals surface area contributed by atoms with Gasteiger partial charge in [0.15, 0.2) is 0 Å². The van der Waals surface area contributed by atoms with E-state index in [1.807, 2.05) is 54.6 Å². The molecule has 0 heterocycles. The van der Waals surface area contributed by atoms with Crippen molar-refractivity contribution in [3.8, 4) is 0 Å². The summed E-state index contributed by atoms with van der Waals surface area (Å²) in [4.78, 5) is 23.6. The Hall–Kier alpha value is -2.34. The molecule has 6 heteroatoms. The minimum absolute atomic E-state index is 0.130. The number of hydrogen-bond donors (Lipinski definition) is 2. The first-order valence-electron chi connectivity index (χ1n) is 7.55. The number of hydrogen-bond acceptors (Lipinski definition) is 4. The highest BCUT2D eigenvalue weighted by Gasteiger charge is 2.16. The summed E-state index contributed by atoms with van der Waals surface area (Å²) in [7, 11) is 0. The highest BCUT2D eigenvalue weighted by Crippen LogP contribution is 2.14. The summed E-state index contributed by atoms with van der Waals surface area (Å²) in [6.45, 7) is 2.29. The second-order valence-corrected chi connectivity index (χ2v) is 6.26. The largest absolute Gasteiger partial charge is 0.444 e. The molecule has 0 fully saturated rings. The van der Waals surface area contributed by atoms with Gasteiger partial charge in [-0.25, -0.2) is 4.79 Å². The van der Waals surface area contributed by atoms with Crippen LogP contribution in [-0.4, -0.2) is 18.5 Å². The molecule has 2 rings (SSSR count). The van der Waals surface area contributed by atoms with E-state index in [1.165, 1.54) is 0 Å². The number of halogens is 1. The number of carbonyl (C=O) groups is 2. The molecular formula is C18H19BrN2O3. The SMILES string of the molecule is C[C@H](CNc1ccc(Br)cc1)C(=O)NC(=O)OCc1ccccc1. The van der Waals surface area contributed by atoms with Crippen molar-refractivity contribution in [3.05, 3.63) is 64.6 Å². The van der Waals surface area contributed by atoms with E-state index in [4.69, 9.17) is 4.74 Å². The zero-order valence-electron chi connectivity index (χ0n) is 13.3. The van der Waals surface area contributed by atoms with E-state index in [0.29, 0.717) is 6.54 Å². The summed E-state index contributed by atoms with van der Waals surface area (Å²) in [5.74, 6) is -0.754. The van der Waals surface area contributed by atoms with Gasteiger partial charge in [-0.2, -0.15) is 0 Å². The summed E-state index contributed by atoms with van der Waals surface area (Å²) in [5, 5.41) is 5.40. The molecule has 0 aromatic heterocycles. The molecule has 0 saturated heterocycles. The van der Waals surface area contributed by atoms with Crippen molar-refractivity contribution in [1.82, 2.24) is 5.32 Å². The Labute approximate surface area is 149 Å². The summed E-state index contributed by atoms with van der Waals surface area (Å²) in [6.07, 6.45) is -0.737. The molecular weight excluding hydrogens is 372 g/mol.